The fourth-order valence-corrected chi connectivity index (χ4v) is 2.17. The summed E-state index contributed by atoms with van der Waals surface area (Å²) in [5.41, 5.74) is 10.6. The predicted octanol–water partition coefficient (Wildman–Crippen LogP) is 2.07. The van der Waals surface area contributed by atoms with Crippen LogP contribution in [0.4, 0.5) is 5.69 Å². The van der Waals surface area contributed by atoms with E-state index in [0.29, 0.717) is 0 Å². The van der Waals surface area contributed by atoms with Crippen LogP contribution in [-0.4, -0.2) is 4.98 Å². The zero-order valence-electron chi connectivity index (χ0n) is 7.02. The van der Waals surface area contributed by atoms with E-state index in [4.69, 9.17) is 5.73 Å². The van der Waals surface area contributed by atoms with Crippen LogP contribution in [0.3, 0.4) is 0 Å². The van der Waals surface area contributed by atoms with Crippen molar-refractivity contribution in [3.8, 4) is 0 Å². The summed E-state index contributed by atoms with van der Waals surface area (Å²) in [7, 11) is 0. The molecule has 1 aliphatic rings. The fraction of sp³-hybridized carbons (Fsp3) is 0.444. The first-order valence-corrected chi connectivity index (χ1v) is 5.21. The van der Waals surface area contributed by atoms with Crippen LogP contribution >= 0.6 is 22.6 Å². The van der Waals surface area contributed by atoms with Crippen molar-refractivity contribution in [3.63, 3.8) is 0 Å². The van der Waals surface area contributed by atoms with Crippen LogP contribution in [0.2, 0.25) is 0 Å². The Labute approximate surface area is 85.7 Å². The van der Waals surface area contributed by atoms with Crippen molar-refractivity contribution >= 4 is 28.3 Å². The Morgan fingerprint density at radius 1 is 1.42 bits per heavy atom. The zero-order valence-corrected chi connectivity index (χ0v) is 9.18. The van der Waals surface area contributed by atoms with E-state index >= 15 is 0 Å². The summed E-state index contributed by atoms with van der Waals surface area (Å²) in [4.78, 5) is 4.53. The van der Waals surface area contributed by atoms with Crippen LogP contribution in [0.5, 0.6) is 0 Å². The second-order valence-corrected chi connectivity index (χ2v) is 4.28. The minimum Gasteiger partial charge on any atom is -0.398 e. The molecule has 0 unspecified atom stereocenters. The standard InChI is InChI=1S/C9H11IN2/c1-5-8(10)9(11)6-3-2-4-7(6)12-5/h2-4H2,1H3,(H2,11,12). The Balaban J connectivity index is 2.67. The van der Waals surface area contributed by atoms with E-state index < -0.39 is 0 Å². The van der Waals surface area contributed by atoms with Crippen molar-refractivity contribution in [1.29, 1.82) is 0 Å². The van der Waals surface area contributed by atoms with E-state index in [-0.39, 0.29) is 0 Å². The lowest BCUT2D eigenvalue weighted by atomic mass is 10.1. The van der Waals surface area contributed by atoms with E-state index in [1.54, 1.807) is 0 Å². The second-order valence-electron chi connectivity index (χ2n) is 3.20. The molecule has 0 fully saturated rings. The summed E-state index contributed by atoms with van der Waals surface area (Å²) in [6.45, 7) is 2.02. The monoisotopic (exact) mass is 274 g/mol. The van der Waals surface area contributed by atoms with Gasteiger partial charge < -0.3 is 5.73 Å². The summed E-state index contributed by atoms with van der Waals surface area (Å²) in [5.74, 6) is 0. The highest BCUT2D eigenvalue weighted by molar-refractivity contribution is 14.1. The lowest BCUT2D eigenvalue weighted by Crippen LogP contribution is -2.02. The smallest absolute Gasteiger partial charge is 0.0575 e. The fourth-order valence-electron chi connectivity index (χ4n) is 1.72. The summed E-state index contributed by atoms with van der Waals surface area (Å²) in [6, 6.07) is 0. The molecule has 1 aromatic heterocycles. The van der Waals surface area contributed by atoms with E-state index in [2.05, 4.69) is 27.6 Å². The number of fused-ring (bicyclic) bond motifs is 1. The van der Waals surface area contributed by atoms with Gasteiger partial charge in [0, 0.05) is 5.69 Å². The Hall–Kier alpha value is -0.320. The molecule has 0 saturated heterocycles. The van der Waals surface area contributed by atoms with Crippen molar-refractivity contribution in [1.82, 2.24) is 4.98 Å². The number of aryl methyl sites for hydroxylation is 2. The summed E-state index contributed by atoms with van der Waals surface area (Å²) < 4.78 is 1.13. The minimum atomic E-state index is 0.968. The molecule has 1 aromatic rings. The molecular weight excluding hydrogens is 263 g/mol. The number of nitrogens with zero attached hydrogens (tertiary/aromatic N) is 1. The zero-order chi connectivity index (χ0) is 8.72. The summed E-state index contributed by atoms with van der Waals surface area (Å²) in [6.07, 6.45) is 3.44. The molecule has 1 heterocycles. The molecule has 0 aromatic carbocycles. The van der Waals surface area contributed by atoms with Gasteiger partial charge in [-0.1, -0.05) is 0 Å². The molecule has 12 heavy (non-hydrogen) atoms. The largest absolute Gasteiger partial charge is 0.398 e. The molecule has 2 nitrogen and oxygen atoms in total. The molecule has 0 aliphatic heterocycles. The van der Waals surface area contributed by atoms with Crippen LogP contribution in [0.15, 0.2) is 0 Å². The van der Waals surface area contributed by atoms with Crippen LogP contribution in [0.25, 0.3) is 0 Å². The molecular formula is C9H11IN2. The number of pyridine rings is 1. The number of halogens is 1. The molecule has 0 bridgehead atoms. The van der Waals surface area contributed by atoms with Crippen molar-refractivity contribution in [2.75, 3.05) is 5.73 Å². The topological polar surface area (TPSA) is 38.9 Å². The van der Waals surface area contributed by atoms with Gasteiger partial charge in [-0.3, -0.25) is 4.98 Å². The maximum Gasteiger partial charge on any atom is 0.0575 e. The van der Waals surface area contributed by atoms with Gasteiger partial charge in [0.15, 0.2) is 0 Å². The average Bonchev–Trinajstić information content (AvgIpc) is 2.48. The first-order chi connectivity index (χ1) is 5.70. The number of nitrogens with two attached hydrogens (primary N) is 1. The molecule has 2 rings (SSSR count). The Kier molecular flexibility index (Phi) is 1.98. The lowest BCUT2D eigenvalue weighted by molar-refractivity contribution is 0.897. The number of rotatable bonds is 0. The minimum absolute atomic E-state index is 0.968. The van der Waals surface area contributed by atoms with Gasteiger partial charge in [-0.15, -0.1) is 0 Å². The molecule has 3 heteroatoms. The Morgan fingerprint density at radius 2 is 2.17 bits per heavy atom. The van der Waals surface area contributed by atoms with Gasteiger partial charge in [-0.2, -0.15) is 0 Å². The molecule has 2 N–H and O–H groups in total. The highest BCUT2D eigenvalue weighted by atomic mass is 127. The van der Waals surface area contributed by atoms with Gasteiger partial charge >= 0.3 is 0 Å². The number of hydrogen-bond acceptors (Lipinski definition) is 2. The lowest BCUT2D eigenvalue weighted by Gasteiger charge is -2.07. The number of aromatic nitrogens is 1. The third-order valence-electron chi connectivity index (χ3n) is 2.37. The van der Waals surface area contributed by atoms with E-state index in [9.17, 15) is 0 Å². The number of nitrogen functional groups attached to an aromatic ring is 1. The van der Waals surface area contributed by atoms with E-state index in [0.717, 1.165) is 27.8 Å². The van der Waals surface area contributed by atoms with Gasteiger partial charge in [0.25, 0.3) is 0 Å². The maximum absolute atomic E-state index is 5.99. The highest BCUT2D eigenvalue weighted by Crippen LogP contribution is 2.30. The van der Waals surface area contributed by atoms with Crippen LogP contribution < -0.4 is 5.73 Å². The normalized spacial score (nSPS) is 14.8. The third kappa shape index (κ3) is 1.11. The maximum atomic E-state index is 5.99. The Bertz CT molecular complexity index is 334. The van der Waals surface area contributed by atoms with Crippen molar-refractivity contribution < 1.29 is 0 Å². The molecule has 0 spiro atoms. The van der Waals surface area contributed by atoms with Gasteiger partial charge in [0.2, 0.25) is 0 Å². The molecule has 1 aliphatic carbocycles. The first-order valence-electron chi connectivity index (χ1n) is 4.13. The van der Waals surface area contributed by atoms with Crippen molar-refractivity contribution in [2.24, 2.45) is 0 Å². The van der Waals surface area contributed by atoms with Crippen LogP contribution in [0, 0.1) is 10.5 Å². The SMILES string of the molecule is Cc1nc2c(c(N)c1I)CCC2. The van der Waals surface area contributed by atoms with Crippen molar-refractivity contribution in [2.45, 2.75) is 26.2 Å². The molecule has 0 atom stereocenters. The van der Waals surface area contributed by atoms with Gasteiger partial charge in [0.05, 0.1) is 15.0 Å². The van der Waals surface area contributed by atoms with Crippen LogP contribution in [0.1, 0.15) is 23.4 Å². The molecule has 0 saturated carbocycles. The Morgan fingerprint density at radius 3 is 2.92 bits per heavy atom. The predicted molar refractivity (Wildman–Crippen MR) is 58.1 cm³/mol. The number of anilines is 1. The third-order valence-corrected chi connectivity index (χ3v) is 3.73. The van der Waals surface area contributed by atoms with E-state index in [1.807, 2.05) is 6.92 Å². The first kappa shape index (κ1) is 8.29. The molecule has 0 radical (unpaired) electrons. The summed E-state index contributed by atoms with van der Waals surface area (Å²) >= 11 is 2.27. The quantitative estimate of drug-likeness (QED) is 0.735. The average molecular weight is 274 g/mol. The van der Waals surface area contributed by atoms with Gasteiger partial charge in [0.1, 0.15) is 0 Å². The van der Waals surface area contributed by atoms with E-state index in [1.165, 1.54) is 17.7 Å². The highest BCUT2D eigenvalue weighted by Gasteiger charge is 2.18. The summed E-state index contributed by atoms with van der Waals surface area (Å²) in [5, 5.41) is 0. The molecule has 64 valence electrons. The van der Waals surface area contributed by atoms with Crippen molar-refractivity contribution in [3.05, 3.63) is 20.5 Å². The van der Waals surface area contributed by atoms with Gasteiger partial charge in [-0.05, 0) is 54.3 Å². The van der Waals surface area contributed by atoms with Crippen LogP contribution in [-0.2, 0) is 12.8 Å². The molecule has 0 amide bonds. The number of hydrogen-bond donors (Lipinski definition) is 1. The second kappa shape index (κ2) is 2.87. The van der Waals surface area contributed by atoms with Gasteiger partial charge in [-0.25, -0.2) is 0 Å².